The van der Waals surface area contributed by atoms with Gasteiger partial charge in [0, 0.05) is 31.2 Å². The molecule has 2 aromatic rings. The number of ether oxygens (including phenoxy) is 1. The number of aromatic nitrogens is 2. The molecule has 6 nitrogen and oxygen atoms in total. The quantitative estimate of drug-likeness (QED) is 0.842. The third-order valence-corrected chi connectivity index (χ3v) is 4.67. The fourth-order valence-electron chi connectivity index (χ4n) is 2.76. The predicted octanol–water partition coefficient (Wildman–Crippen LogP) is 3.05. The molecule has 1 aliphatic rings. The molecule has 1 saturated heterocycles. The molecule has 0 bridgehead atoms. The Hall–Kier alpha value is -1.54. The summed E-state index contributed by atoms with van der Waals surface area (Å²) in [6.45, 7) is 6.69. The fraction of sp³-hybridized carbons (Fsp3) is 0.438. The van der Waals surface area contributed by atoms with Gasteiger partial charge in [-0.3, -0.25) is 15.0 Å². The number of hydrogen-bond acceptors (Lipinski definition) is 6. The van der Waals surface area contributed by atoms with Crippen molar-refractivity contribution < 1.29 is 9.53 Å². The van der Waals surface area contributed by atoms with E-state index in [2.05, 4.69) is 34.0 Å². The Balaban J connectivity index is 1.59. The van der Waals surface area contributed by atoms with Crippen LogP contribution in [0.1, 0.15) is 29.9 Å². The predicted molar refractivity (Wildman–Crippen MR) is 94.6 cm³/mol. The van der Waals surface area contributed by atoms with Gasteiger partial charge in [0.15, 0.2) is 5.13 Å². The molecule has 1 aliphatic heterocycles. The minimum absolute atomic E-state index is 0.226. The van der Waals surface area contributed by atoms with Crippen LogP contribution in [0.2, 0.25) is 5.15 Å². The number of hydrogen-bond donors (Lipinski definition) is 1. The lowest BCUT2D eigenvalue weighted by Crippen LogP contribution is -2.44. The van der Waals surface area contributed by atoms with E-state index < -0.39 is 0 Å². The van der Waals surface area contributed by atoms with Crippen LogP contribution in [-0.4, -0.2) is 46.1 Å². The van der Waals surface area contributed by atoms with Crippen LogP contribution in [0.15, 0.2) is 23.7 Å². The molecule has 2 aromatic heterocycles. The Labute approximate surface area is 149 Å². The molecule has 8 heteroatoms. The number of anilines is 1. The van der Waals surface area contributed by atoms with Gasteiger partial charge >= 0.3 is 0 Å². The van der Waals surface area contributed by atoms with Crippen molar-refractivity contribution in [1.82, 2.24) is 14.9 Å². The van der Waals surface area contributed by atoms with Gasteiger partial charge in [0.25, 0.3) is 5.91 Å². The zero-order chi connectivity index (χ0) is 17.1. The van der Waals surface area contributed by atoms with E-state index >= 15 is 0 Å². The molecule has 1 amide bonds. The molecule has 24 heavy (non-hydrogen) atoms. The van der Waals surface area contributed by atoms with Crippen molar-refractivity contribution in [3.8, 4) is 0 Å². The third kappa shape index (κ3) is 4.51. The topological polar surface area (TPSA) is 67.4 Å². The van der Waals surface area contributed by atoms with E-state index in [1.165, 1.54) is 17.5 Å². The Morgan fingerprint density at radius 1 is 1.42 bits per heavy atom. The number of pyridine rings is 1. The van der Waals surface area contributed by atoms with Crippen LogP contribution < -0.4 is 5.32 Å². The molecule has 0 saturated carbocycles. The van der Waals surface area contributed by atoms with Gasteiger partial charge in [-0.2, -0.15) is 0 Å². The van der Waals surface area contributed by atoms with Crippen LogP contribution in [0, 0.1) is 0 Å². The highest BCUT2D eigenvalue weighted by atomic mass is 35.5. The van der Waals surface area contributed by atoms with Crippen molar-refractivity contribution in [2.75, 3.05) is 18.4 Å². The van der Waals surface area contributed by atoms with Crippen molar-refractivity contribution in [1.29, 1.82) is 0 Å². The molecule has 0 spiro atoms. The van der Waals surface area contributed by atoms with Gasteiger partial charge in [0.2, 0.25) is 0 Å². The number of nitrogens with one attached hydrogen (secondary N) is 1. The van der Waals surface area contributed by atoms with Crippen LogP contribution in [0.4, 0.5) is 5.13 Å². The second-order valence-electron chi connectivity index (χ2n) is 5.92. The smallest absolute Gasteiger partial charge is 0.259 e. The molecule has 0 aliphatic carbocycles. The van der Waals surface area contributed by atoms with E-state index in [0.717, 1.165) is 25.3 Å². The largest absolute Gasteiger partial charge is 0.373 e. The lowest BCUT2D eigenvalue weighted by atomic mass is 10.2. The third-order valence-electron chi connectivity index (χ3n) is 3.64. The molecular weight excluding hydrogens is 348 g/mol. The van der Waals surface area contributed by atoms with Crippen LogP contribution >= 0.6 is 22.9 Å². The summed E-state index contributed by atoms with van der Waals surface area (Å²) in [7, 11) is 0. The van der Waals surface area contributed by atoms with Gasteiger partial charge < -0.3 is 4.74 Å². The molecule has 0 radical (unpaired) electrons. The van der Waals surface area contributed by atoms with Crippen LogP contribution in [0.25, 0.3) is 0 Å². The van der Waals surface area contributed by atoms with Crippen molar-refractivity contribution in [3.63, 3.8) is 0 Å². The maximum Gasteiger partial charge on any atom is 0.259 e. The van der Waals surface area contributed by atoms with Gasteiger partial charge in [0.1, 0.15) is 5.15 Å². The second-order valence-corrected chi connectivity index (χ2v) is 7.16. The molecule has 0 aromatic carbocycles. The van der Waals surface area contributed by atoms with Crippen molar-refractivity contribution in [2.24, 2.45) is 0 Å². The summed E-state index contributed by atoms with van der Waals surface area (Å²) in [6, 6.07) is 3.22. The summed E-state index contributed by atoms with van der Waals surface area (Å²) in [5.74, 6) is -0.242. The Kier molecular flexibility index (Phi) is 5.45. The first-order chi connectivity index (χ1) is 11.5. The van der Waals surface area contributed by atoms with Crippen molar-refractivity contribution in [2.45, 2.75) is 32.6 Å². The summed E-state index contributed by atoms with van der Waals surface area (Å²) < 4.78 is 5.74. The molecule has 1 N–H and O–H groups in total. The molecule has 1 fully saturated rings. The van der Waals surface area contributed by atoms with Gasteiger partial charge in [0.05, 0.1) is 23.5 Å². The molecule has 3 heterocycles. The molecule has 2 atom stereocenters. The highest BCUT2D eigenvalue weighted by Crippen LogP contribution is 2.20. The highest BCUT2D eigenvalue weighted by Gasteiger charge is 2.22. The number of rotatable bonds is 4. The van der Waals surface area contributed by atoms with Gasteiger partial charge in [-0.25, -0.2) is 9.97 Å². The maximum absolute atomic E-state index is 12.2. The number of thiazole rings is 1. The number of halogens is 1. The standard InChI is InChI=1S/C16H19ClN4O2S/c1-10-6-21(7-11(2)23-10)8-13-9-24-16(19-13)20-15(22)12-3-4-14(17)18-5-12/h3-5,9-11H,6-8H2,1-2H3,(H,19,20,22). The lowest BCUT2D eigenvalue weighted by molar-refractivity contribution is -0.0707. The van der Waals surface area contributed by atoms with Crippen LogP contribution in [0.3, 0.4) is 0 Å². The number of morpholine rings is 1. The second kappa shape index (κ2) is 7.57. The highest BCUT2D eigenvalue weighted by molar-refractivity contribution is 7.13. The first-order valence-corrected chi connectivity index (χ1v) is 9.00. The van der Waals surface area contributed by atoms with E-state index in [1.807, 2.05) is 5.38 Å². The Morgan fingerprint density at radius 3 is 2.83 bits per heavy atom. The Bertz CT molecular complexity index is 696. The van der Waals surface area contributed by atoms with Crippen LogP contribution in [-0.2, 0) is 11.3 Å². The van der Waals surface area contributed by atoms with Gasteiger partial charge in [-0.05, 0) is 26.0 Å². The first-order valence-electron chi connectivity index (χ1n) is 7.74. The summed E-state index contributed by atoms with van der Waals surface area (Å²) in [6.07, 6.45) is 1.90. The minimum Gasteiger partial charge on any atom is -0.373 e. The zero-order valence-electron chi connectivity index (χ0n) is 13.5. The van der Waals surface area contributed by atoms with E-state index in [4.69, 9.17) is 16.3 Å². The molecule has 3 rings (SSSR count). The maximum atomic E-state index is 12.2. The van der Waals surface area contributed by atoms with E-state index in [0.29, 0.717) is 15.8 Å². The summed E-state index contributed by atoms with van der Waals surface area (Å²) >= 11 is 7.14. The summed E-state index contributed by atoms with van der Waals surface area (Å²) in [5.41, 5.74) is 1.40. The van der Waals surface area contributed by atoms with Gasteiger partial charge in [-0.15, -0.1) is 11.3 Å². The molecule has 128 valence electrons. The van der Waals surface area contributed by atoms with E-state index in [-0.39, 0.29) is 18.1 Å². The zero-order valence-corrected chi connectivity index (χ0v) is 15.1. The summed E-state index contributed by atoms with van der Waals surface area (Å²) in [4.78, 5) is 22.9. The number of amides is 1. The molecule has 2 unspecified atom stereocenters. The average Bonchev–Trinajstić information content (AvgIpc) is 2.93. The lowest BCUT2D eigenvalue weighted by Gasteiger charge is -2.34. The summed E-state index contributed by atoms with van der Waals surface area (Å²) in [5, 5.41) is 5.71. The normalized spacial score (nSPS) is 21.6. The molecular formula is C16H19ClN4O2S. The number of carbonyl (C=O) groups excluding carboxylic acids is 1. The monoisotopic (exact) mass is 366 g/mol. The first kappa shape index (κ1) is 17.3. The van der Waals surface area contributed by atoms with Crippen molar-refractivity contribution in [3.05, 3.63) is 40.1 Å². The van der Waals surface area contributed by atoms with E-state index in [9.17, 15) is 4.79 Å². The number of carbonyl (C=O) groups is 1. The number of nitrogens with zero attached hydrogens (tertiary/aromatic N) is 3. The van der Waals surface area contributed by atoms with Gasteiger partial charge in [-0.1, -0.05) is 11.6 Å². The average molecular weight is 367 g/mol. The SMILES string of the molecule is CC1CN(Cc2csc(NC(=O)c3ccc(Cl)nc3)n2)CC(C)O1. The Morgan fingerprint density at radius 2 is 2.17 bits per heavy atom. The minimum atomic E-state index is -0.242. The van der Waals surface area contributed by atoms with Crippen LogP contribution in [0.5, 0.6) is 0 Å². The van der Waals surface area contributed by atoms with Crippen molar-refractivity contribution >= 4 is 34.0 Å². The van der Waals surface area contributed by atoms with E-state index in [1.54, 1.807) is 12.1 Å². The fourth-order valence-corrected chi connectivity index (χ4v) is 3.57.